The molecule has 0 aliphatic carbocycles. The Morgan fingerprint density at radius 2 is 1.35 bits per heavy atom. The van der Waals surface area contributed by atoms with E-state index in [9.17, 15) is 0 Å². The largest absolute Gasteiger partial charge is 0.496 e. The number of hydrogen-bond donors (Lipinski definition) is 0. The molecule has 222 valence electrons. The lowest BCUT2D eigenvalue weighted by atomic mass is 9.89. The van der Waals surface area contributed by atoms with Gasteiger partial charge in [0, 0.05) is 26.8 Å². The number of fused-ring (bicyclic) bond motifs is 1. The van der Waals surface area contributed by atoms with Gasteiger partial charge in [0.15, 0.2) is 0 Å². The molecule has 5 aromatic rings. The van der Waals surface area contributed by atoms with Crippen LogP contribution in [-0.4, -0.2) is 24.6 Å². The van der Waals surface area contributed by atoms with E-state index < -0.39 is 0 Å². The smallest absolute Gasteiger partial charge is 0.123 e. The molecule has 0 spiro atoms. The third-order valence-corrected chi connectivity index (χ3v) is 11.5. The second-order valence-corrected chi connectivity index (χ2v) is 13.9. The van der Waals surface area contributed by atoms with E-state index in [1.807, 2.05) is 23.1 Å². The van der Waals surface area contributed by atoms with Gasteiger partial charge in [-0.15, -0.1) is 23.1 Å². The Morgan fingerprint density at radius 1 is 0.698 bits per heavy atom. The van der Waals surface area contributed by atoms with Crippen LogP contribution in [0.2, 0.25) is 0 Å². The molecule has 1 fully saturated rings. The Labute approximate surface area is 264 Å². The zero-order valence-electron chi connectivity index (χ0n) is 25.1. The lowest BCUT2D eigenvalue weighted by Gasteiger charge is -2.45. The first kappa shape index (κ1) is 30.0. The molecule has 0 bridgehead atoms. The minimum absolute atomic E-state index is 0.0592. The number of methoxy groups -OCH3 is 1. The summed E-state index contributed by atoms with van der Waals surface area (Å²) >= 11 is 3.91. The highest BCUT2D eigenvalue weighted by Crippen LogP contribution is 2.51. The number of thiophene rings is 1. The standard InChI is InChI=1S/C38H40O3S2/c1-4-34-26(2)36(40-24-27-13-7-5-8-14-27)37(41-25-28-15-9-6-10-16-28)38(43-34)32-22-29(19-20-33(32)39-3)21-31-23-30-17-11-12-18-35(30)42-31/h5-20,22-23,26,34,36-38H,4,21,24-25H2,1-3H3/t26-,34-,36+,37-,38+/m1/s1. The summed E-state index contributed by atoms with van der Waals surface area (Å²) in [6, 6.07) is 38.6. The highest BCUT2D eigenvalue weighted by atomic mass is 32.2. The molecule has 0 N–H and O–H groups in total. The summed E-state index contributed by atoms with van der Waals surface area (Å²) in [5.41, 5.74) is 4.84. The van der Waals surface area contributed by atoms with Gasteiger partial charge in [0.25, 0.3) is 0 Å². The van der Waals surface area contributed by atoms with Crippen molar-refractivity contribution >= 4 is 33.2 Å². The summed E-state index contributed by atoms with van der Waals surface area (Å²) in [6.45, 7) is 5.74. The minimum Gasteiger partial charge on any atom is -0.496 e. The number of thioether (sulfide) groups is 1. The van der Waals surface area contributed by atoms with E-state index in [0.29, 0.717) is 24.4 Å². The van der Waals surface area contributed by atoms with Gasteiger partial charge in [0.05, 0.1) is 31.7 Å². The zero-order valence-corrected chi connectivity index (χ0v) is 26.8. The zero-order chi connectivity index (χ0) is 29.6. The molecule has 43 heavy (non-hydrogen) atoms. The fraction of sp³-hybridized carbons (Fsp3) is 0.316. The molecule has 3 nitrogen and oxygen atoms in total. The number of rotatable bonds is 11. The Bertz CT molecular complexity index is 1570. The minimum atomic E-state index is -0.139. The molecule has 4 aromatic carbocycles. The van der Waals surface area contributed by atoms with Crippen LogP contribution in [0.3, 0.4) is 0 Å². The van der Waals surface area contributed by atoms with Crippen molar-refractivity contribution in [3.05, 3.63) is 136 Å². The average Bonchev–Trinajstić information content (AvgIpc) is 3.46. The summed E-state index contributed by atoms with van der Waals surface area (Å²) in [6.07, 6.45) is 1.77. The predicted octanol–water partition coefficient (Wildman–Crippen LogP) is 9.87. The van der Waals surface area contributed by atoms with Crippen molar-refractivity contribution in [1.82, 2.24) is 0 Å². The van der Waals surface area contributed by atoms with E-state index in [0.717, 1.165) is 18.6 Å². The van der Waals surface area contributed by atoms with Crippen molar-refractivity contribution in [2.75, 3.05) is 7.11 Å². The van der Waals surface area contributed by atoms with Crippen molar-refractivity contribution < 1.29 is 14.2 Å². The van der Waals surface area contributed by atoms with Gasteiger partial charge in [0.1, 0.15) is 11.9 Å². The van der Waals surface area contributed by atoms with Crippen LogP contribution in [0.15, 0.2) is 109 Å². The van der Waals surface area contributed by atoms with Crippen LogP contribution < -0.4 is 4.74 Å². The molecular formula is C38H40O3S2. The van der Waals surface area contributed by atoms with Crippen molar-refractivity contribution in [1.29, 1.82) is 0 Å². The van der Waals surface area contributed by atoms with Crippen LogP contribution in [-0.2, 0) is 29.1 Å². The van der Waals surface area contributed by atoms with Crippen LogP contribution >= 0.6 is 23.1 Å². The highest BCUT2D eigenvalue weighted by molar-refractivity contribution is 8.00. The molecule has 1 aliphatic rings. The van der Waals surface area contributed by atoms with Crippen LogP contribution in [0.1, 0.15) is 52.6 Å². The Hall–Kier alpha value is -3.09. The van der Waals surface area contributed by atoms with Gasteiger partial charge in [-0.05, 0) is 52.6 Å². The second-order valence-electron chi connectivity index (χ2n) is 11.4. The van der Waals surface area contributed by atoms with Gasteiger partial charge in [-0.3, -0.25) is 0 Å². The Morgan fingerprint density at radius 3 is 2.00 bits per heavy atom. The van der Waals surface area contributed by atoms with E-state index >= 15 is 0 Å². The summed E-state index contributed by atoms with van der Waals surface area (Å²) in [7, 11) is 1.78. The number of hydrogen-bond acceptors (Lipinski definition) is 5. The maximum Gasteiger partial charge on any atom is 0.123 e. The molecule has 1 saturated heterocycles. The quantitative estimate of drug-likeness (QED) is 0.149. The van der Waals surface area contributed by atoms with E-state index in [2.05, 4.69) is 123 Å². The average molecular weight is 609 g/mol. The summed E-state index contributed by atoms with van der Waals surface area (Å²) < 4.78 is 21.1. The Balaban J connectivity index is 1.34. The van der Waals surface area contributed by atoms with Gasteiger partial charge < -0.3 is 14.2 Å². The molecule has 5 atom stereocenters. The maximum absolute atomic E-state index is 6.90. The van der Waals surface area contributed by atoms with Gasteiger partial charge in [-0.1, -0.05) is 105 Å². The maximum atomic E-state index is 6.90. The van der Waals surface area contributed by atoms with Crippen LogP contribution in [0, 0.1) is 5.92 Å². The molecule has 6 rings (SSSR count). The third-order valence-electron chi connectivity index (χ3n) is 8.48. The fourth-order valence-corrected chi connectivity index (χ4v) is 8.98. The third kappa shape index (κ3) is 7.02. The van der Waals surface area contributed by atoms with E-state index in [4.69, 9.17) is 14.2 Å². The lowest BCUT2D eigenvalue weighted by Crippen LogP contribution is -2.48. The normalized spacial score (nSPS) is 22.1. The first-order valence-corrected chi connectivity index (χ1v) is 17.0. The molecule has 5 heteroatoms. The molecule has 0 unspecified atom stereocenters. The SMILES string of the molecule is CC[C@H]1S[C@@H](c2cc(Cc3cc4ccccc4s3)ccc2OC)[C@H](OCc2ccccc2)[C@@H](OCc2ccccc2)[C@@H]1C. The van der Waals surface area contributed by atoms with Gasteiger partial charge in [-0.2, -0.15) is 0 Å². The van der Waals surface area contributed by atoms with Crippen molar-refractivity contribution in [2.24, 2.45) is 5.92 Å². The van der Waals surface area contributed by atoms with Crippen LogP contribution in [0.5, 0.6) is 5.75 Å². The lowest BCUT2D eigenvalue weighted by molar-refractivity contribution is -0.112. The number of ether oxygens (including phenoxy) is 3. The first-order chi connectivity index (χ1) is 21.1. The summed E-state index contributed by atoms with van der Waals surface area (Å²) in [5.74, 6) is 1.25. The molecule has 0 amide bonds. The van der Waals surface area contributed by atoms with Gasteiger partial charge in [0.2, 0.25) is 0 Å². The molecule has 1 aliphatic heterocycles. The van der Waals surface area contributed by atoms with Crippen molar-refractivity contribution in [3.8, 4) is 5.75 Å². The molecule has 0 saturated carbocycles. The van der Waals surface area contributed by atoms with Crippen molar-refractivity contribution in [3.63, 3.8) is 0 Å². The molecule has 0 radical (unpaired) electrons. The van der Waals surface area contributed by atoms with E-state index in [1.165, 1.54) is 37.2 Å². The van der Waals surface area contributed by atoms with Crippen LogP contribution in [0.4, 0.5) is 0 Å². The van der Waals surface area contributed by atoms with Gasteiger partial charge >= 0.3 is 0 Å². The monoisotopic (exact) mass is 608 g/mol. The van der Waals surface area contributed by atoms with Crippen molar-refractivity contribution in [2.45, 2.75) is 62.6 Å². The number of benzene rings is 4. The first-order valence-electron chi connectivity index (χ1n) is 15.2. The highest BCUT2D eigenvalue weighted by Gasteiger charge is 2.45. The Kier molecular flexibility index (Phi) is 9.84. The van der Waals surface area contributed by atoms with Crippen LogP contribution in [0.25, 0.3) is 10.1 Å². The van der Waals surface area contributed by atoms with Gasteiger partial charge in [-0.25, -0.2) is 0 Å². The topological polar surface area (TPSA) is 27.7 Å². The summed E-state index contributed by atoms with van der Waals surface area (Å²) in [4.78, 5) is 1.37. The van der Waals surface area contributed by atoms with E-state index in [1.54, 1.807) is 7.11 Å². The molecule has 1 aromatic heterocycles. The molecule has 2 heterocycles. The second kappa shape index (κ2) is 14.1. The predicted molar refractivity (Wildman–Crippen MR) is 181 cm³/mol. The molecular weight excluding hydrogens is 569 g/mol. The van der Waals surface area contributed by atoms with E-state index in [-0.39, 0.29) is 17.5 Å². The summed E-state index contributed by atoms with van der Waals surface area (Å²) in [5, 5.41) is 1.83. The fourth-order valence-electron chi connectivity index (χ4n) is 6.19.